The molecule has 1 atom stereocenters. The maximum absolute atomic E-state index is 12.9. The van der Waals surface area contributed by atoms with Crippen molar-refractivity contribution in [2.45, 2.75) is 39.4 Å². The molecule has 2 nitrogen and oxygen atoms in total. The molecule has 0 bridgehead atoms. The van der Waals surface area contributed by atoms with Gasteiger partial charge in [-0.1, -0.05) is 6.92 Å². The van der Waals surface area contributed by atoms with Gasteiger partial charge < -0.3 is 4.90 Å². The molecule has 0 heterocycles. The van der Waals surface area contributed by atoms with Crippen molar-refractivity contribution < 1.29 is 13.2 Å². The van der Waals surface area contributed by atoms with Crippen LogP contribution >= 0.6 is 0 Å². The van der Waals surface area contributed by atoms with Crippen LogP contribution in [0.2, 0.25) is 0 Å². The van der Waals surface area contributed by atoms with E-state index in [0.29, 0.717) is 12.2 Å². The summed E-state index contributed by atoms with van der Waals surface area (Å²) in [5.74, 6) is 0. The van der Waals surface area contributed by atoms with Gasteiger partial charge in [-0.25, -0.2) is 0 Å². The van der Waals surface area contributed by atoms with E-state index in [4.69, 9.17) is 5.26 Å². The number of nitrogens with zero attached hydrogens (tertiary/aromatic N) is 2. The van der Waals surface area contributed by atoms with Gasteiger partial charge in [0.2, 0.25) is 0 Å². The predicted molar refractivity (Wildman–Crippen MR) is 68.9 cm³/mol. The Hall–Kier alpha value is -1.70. The van der Waals surface area contributed by atoms with Gasteiger partial charge in [-0.2, -0.15) is 18.4 Å². The SMILES string of the molecule is CCC(C)N(CC)c1ccc(C#N)c(C(F)(F)F)c1. The van der Waals surface area contributed by atoms with E-state index in [2.05, 4.69) is 0 Å². The molecular formula is C14H17F3N2. The van der Waals surface area contributed by atoms with Gasteiger partial charge in [0, 0.05) is 18.3 Å². The number of hydrogen-bond donors (Lipinski definition) is 0. The number of rotatable bonds is 4. The Morgan fingerprint density at radius 1 is 1.32 bits per heavy atom. The maximum atomic E-state index is 12.9. The molecule has 104 valence electrons. The van der Waals surface area contributed by atoms with Crippen molar-refractivity contribution in [3.05, 3.63) is 29.3 Å². The van der Waals surface area contributed by atoms with Gasteiger partial charge in [0.25, 0.3) is 0 Å². The van der Waals surface area contributed by atoms with Crippen molar-refractivity contribution in [1.29, 1.82) is 5.26 Å². The Balaban J connectivity index is 3.29. The van der Waals surface area contributed by atoms with E-state index >= 15 is 0 Å². The van der Waals surface area contributed by atoms with Crippen LogP contribution in [0.15, 0.2) is 18.2 Å². The van der Waals surface area contributed by atoms with Gasteiger partial charge in [-0.15, -0.1) is 0 Å². The molecule has 19 heavy (non-hydrogen) atoms. The maximum Gasteiger partial charge on any atom is 0.417 e. The Morgan fingerprint density at radius 2 is 1.95 bits per heavy atom. The van der Waals surface area contributed by atoms with E-state index in [1.807, 2.05) is 25.7 Å². The van der Waals surface area contributed by atoms with E-state index in [0.717, 1.165) is 12.5 Å². The van der Waals surface area contributed by atoms with Crippen molar-refractivity contribution in [3.63, 3.8) is 0 Å². The molecule has 0 aliphatic rings. The molecule has 0 amide bonds. The first-order chi connectivity index (χ1) is 8.85. The van der Waals surface area contributed by atoms with E-state index in [1.54, 1.807) is 12.1 Å². The summed E-state index contributed by atoms with van der Waals surface area (Å²) in [6.07, 6.45) is -3.66. The first-order valence-corrected chi connectivity index (χ1v) is 6.23. The molecular weight excluding hydrogens is 253 g/mol. The van der Waals surface area contributed by atoms with Crippen molar-refractivity contribution >= 4 is 5.69 Å². The standard InChI is InChI=1S/C14H17F3N2/c1-4-10(3)19(5-2)12-7-6-11(9-18)13(8-12)14(15,16)17/h6-8,10H,4-5H2,1-3H3. The van der Waals surface area contributed by atoms with Crippen LogP contribution in [0.3, 0.4) is 0 Å². The molecule has 0 aliphatic carbocycles. The molecule has 1 unspecified atom stereocenters. The lowest BCUT2D eigenvalue weighted by Gasteiger charge is -2.30. The molecule has 0 aromatic heterocycles. The zero-order valence-electron chi connectivity index (χ0n) is 11.3. The zero-order valence-corrected chi connectivity index (χ0v) is 11.3. The number of hydrogen-bond acceptors (Lipinski definition) is 2. The monoisotopic (exact) mass is 270 g/mol. The van der Waals surface area contributed by atoms with E-state index in [-0.39, 0.29) is 11.6 Å². The fraction of sp³-hybridized carbons (Fsp3) is 0.500. The Labute approximate surface area is 111 Å². The smallest absolute Gasteiger partial charge is 0.369 e. The number of nitriles is 1. The lowest BCUT2D eigenvalue weighted by Crippen LogP contribution is -2.32. The van der Waals surface area contributed by atoms with E-state index < -0.39 is 11.7 Å². The molecule has 0 saturated carbocycles. The average molecular weight is 270 g/mol. The van der Waals surface area contributed by atoms with Crippen LogP contribution < -0.4 is 4.90 Å². The van der Waals surface area contributed by atoms with Gasteiger partial charge in [0.15, 0.2) is 0 Å². The summed E-state index contributed by atoms with van der Waals surface area (Å²) < 4.78 is 38.7. The van der Waals surface area contributed by atoms with Crippen molar-refractivity contribution in [2.24, 2.45) is 0 Å². The Bertz CT molecular complexity index is 475. The first-order valence-electron chi connectivity index (χ1n) is 6.23. The third-order valence-electron chi connectivity index (χ3n) is 3.22. The largest absolute Gasteiger partial charge is 0.417 e. The summed E-state index contributed by atoms with van der Waals surface area (Å²) in [6, 6.07) is 5.62. The molecule has 0 saturated heterocycles. The topological polar surface area (TPSA) is 27.0 Å². The highest BCUT2D eigenvalue weighted by atomic mass is 19.4. The van der Waals surface area contributed by atoms with E-state index in [9.17, 15) is 13.2 Å². The average Bonchev–Trinajstić information content (AvgIpc) is 2.38. The second-order valence-electron chi connectivity index (χ2n) is 4.38. The second kappa shape index (κ2) is 5.96. The highest BCUT2D eigenvalue weighted by Crippen LogP contribution is 2.34. The minimum absolute atomic E-state index is 0.152. The summed E-state index contributed by atoms with van der Waals surface area (Å²) >= 11 is 0. The zero-order chi connectivity index (χ0) is 14.6. The minimum Gasteiger partial charge on any atom is -0.369 e. The first kappa shape index (κ1) is 15.4. The quantitative estimate of drug-likeness (QED) is 0.819. The number of alkyl halides is 3. The fourth-order valence-corrected chi connectivity index (χ4v) is 2.01. The molecule has 1 rings (SSSR count). The van der Waals surface area contributed by atoms with E-state index in [1.165, 1.54) is 6.07 Å². The highest BCUT2D eigenvalue weighted by Gasteiger charge is 2.34. The third kappa shape index (κ3) is 3.40. The molecule has 0 N–H and O–H groups in total. The summed E-state index contributed by atoms with van der Waals surface area (Å²) in [6.45, 7) is 6.48. The van der Waals surface area contributed by atoms with Gasteiger partial charge >= 0.3 is 6.18 Å². The van der Waals surface area contributed by atoms with Crippen molar-refractivity contribution in [1.82, 2.24) is 0 Å². The van der Waals surface area contributed by atoms with Crippen molar-refractivity contribution in [2.75, 3.05) is 11.4 Å². The molecule has 0 spiro atoms. The minimum atomic E-state index is -4.50. The molecule has 0 radical (unpaired) electrons. The molecule has 1 aromatic carbocycles. The molecule has 5 heteroatoms. The lowest BCUT2D eigenvalue weighted by atomic mass is 10.1. The molecule has 0 aliphatic heterocycles. The Kier molecular flexibility index (Phi) is 4.82. The second-order valence-corrected chi connectivity index (χ2v) is 4.38. The van der Waals surface area contributed by atoms with Crippen molar-refractivity contribution in [3.8, 4) is 6.07 Å². The lowest BCUT2D eigenvalue weighted by molar-refractivity contribution is -0.137. The van der Waals surface area contributed by atoms with Crippen LogP contribution in [0.4, 0.5) is 18.9 Å². The number of halogens is 3. The summed E-state index contributed by atoms with van der Waals surface area (Å²) in [5, 5.41) is 8.76. The number of anilines is 1. The highest BCUT2D eigenvalue weighted by molar-refractivity contribution is 5.55. The van der Waals surface area contributed by atoms with Gasteiger partial charge in [0.1, 0.15) is 0 Å². The fourth-order valence-electron chi connectivity index (χ4n) is 2.01. The normalized spacial score (nSPS) is 12.9. The summed E-state index contributed by atoms with van der Waals surface area (Å²) in [5.41, 5.74) is -0.700. The van der Waals surface area contributed by atoms with Gasteiger partial charge in [0.05, 0.1) is 17.2 Å². The van der Waals surface area contributed by atoms with Crippen LogP contribution in [0, 0.1) is 11.3 Å². The summed E-state index contributed by atoms with van der Waals surface area (Å²) in [4.78, 5) is 1.90. The van der Waals surface area contributed by atoms with Crippen LogP contribution in [-0.4, -0.2) is 12.6 Å². The van der Waals surface area contributed by atoms with Crippen LogP contribution in [0.1, 0.15) is 38.3 Å². The molecule has 0 fully saturated rings. The summed E-state index contributed by atoms with van der Waals surface area (Å²) in [7, 11) is 0. The number of benzene rings is 1. The van der Waals surface area contributed by atoms with Gasteiger partial charge in [-0.05, 0) is 38.5 Å². The van der Waals surface area contributed by atoms with Crippen LogP contribution in [0.25, 0.3) is 0 Å². The predicted octanol–water partition coefficient (Wildman–Crippen LogP) is 4.20. The Morgan fingerprint density at radius 3 is 2.37 bits per heavy atom. The molecule has 1 aromatic rings. The van der Waals surface area contributed by atoms with Crippen LogP contribution in [-0.2, 0) is 6.18 Å². The van der Waals surface area contributed by atoms with Gasteiger partial charge in [-0.3, -0.25) is 0 Å². The van der Waals surface area contributed by atoms with Crippen LogP contribution in [0.5, 0.6) is 0 Å². The third-order valence-corrected chi connectivity index (χ3v) is 3.22.